The molecule has 0 bridgehead atoms. The van der Waals surface area contributed by atoms with Crippen LogP contribution in [0, 0.1) is 0 Å². The molecule has 0 atom stereocenters. The highest BCUT2D eigenvalue weighted by Gasteiger charge is 2.17. The van der Waals surface area contributed by atoms with E-state index in [1.54, 1.807) is 10.7 Å². The Balaban J connectivity index is 1.76. The second-order valence-electron chi connectivity index (χ2n) is 5.66. The molecule has 130 valence electrons. The van der Waals surface area contributed by atoms with Crippen LogP contribution in [0.25, 0.3) is 5.69 Å². The molecule has 0 aliphatic carbocycles. The van der Waals surface area contributed by atoms with Gasteiger partial charge in [-0.3, -0.25) is 0 Å². The van der Waals surface area contributed by atoms with E-state index in [0.29, 0.717) is 28.2 Å². The maximum Gasteiger partial charge on any atom is 0.341 e. The maximum atomic E-state index is 11.7. The lowest BCUT2D eigenvalue weighted by molar-refractivity contribution is 0.0598. The zero-order valence-electron chi connectivity index (χ0n) is 14.2. The number of thioether (sulfide) groups is 1. The molecule has 3 rings (SSSR count). The molecule has 0 unspecified atom stereocenters. The van der Waals surface area contributed by atoms with Crippen LogP contribution in [0.2, 0.25) is 0 Å². The van der Waals surface area contributed by atoms with E-state index >= 15 is 0 Å². The van der Waals surface area contributed by atoms with Crippen LogP contribution in [-0.2, 0) is 10.5 Å². The number of nitrogens with zero attached hydrogens (tertiary/aromatic N) is 4. The molecular weight excluding hydrogens is 340 g/mol. The van der Waals surface area contributed by atoms with Crippen LogP contribution in [-0.4, -0.2) is 33.3 Å². The van der Waals surface area contributed by atoms with E-state index in [4.69, 9.17) is 9.15 Å². The van der Waals surface area contributed by atoms with Gasteiger partial charge in [-0.1, -0.05) is 37.7 Å². The normalized spacial score (nSPS) is 11.0. The molecule has 1 aromatic carbocycles. The van der Waals surface area contributed by atoms with Crippen molar-refractivity contribution in [3.05, 3.63) is 53.5 Å². The van der Waals surface area contributed by atoms with Gasteiger partial charge in [0.05, 0.1) is 24.8 Å². The molecule has 0 N–H and O–H groups in total. The predicted molar refractivity (Wildman–Crippen MR) is 92.9 cm³/mol. The summed E-state index contributed by atoms with van der Waals surface area (Å²) in [5.41, 5.74) is 2.55. The average molecular weight is 358 g/mol. The zero-order chi connectivity index (χ0) is 17.8. The van der Waals surface area contributed by atoms with E-state index in [1.165, 1.54) is 30.7 Å². The van der Waals surface area contributed by atoms with Gasteiger partial charge in [0.2, 0.25) is 5.16 Å². The minimum atomic E-state index is -0.423. The number of hydrogen-bond acceptors (Lipinski definition) is 7. The van der Waals surface area contributed by atoms with E-state index < -0.39 is 5.97 Å². The molecule has 0 aliphatic heterocycles. The van der Waals surface area contributed by atoms with Crippen molar-refractivity contribution >= 4 is 17.7 Å². The lowest BCUT2D eigenvalue weighted by atomic mass is 10.0. The largest absolute Gasteiger partial charge is 0.468 e. The molecule has 3 aromatic rings. The SMILES string of the molecule is COC(=O)c1ccoc1CSc1nnnn1-c1ccc(C(C)C)cc1. The van der Waals surface area contributed by atoms with E-state index in [-0.39, 0.29) is 0 Å². The Morgan fingerprint density at radius 2 is 2.04 bits per heavy atom. The topological polar surface area (TPSA) is 83.0 Å². The summed E-state index contributed by atoms with van der Waals surface area (Å²) in [7, 11) is 1.34. The number of carbonyl (C=O) groups is 1. The van der Waals surface area contributed by atoms with Crippen LogP contribution in [0.15, 0.2) is 46.2 Å². The lowest BCUT2D eigenvalue weighted by Crippen LogP contribution is -2.03. The molecule has 2 heterocycles. The first kappa shape index (κ1) is 17.2. The summed E-state index contributed by atoms with van der Waals surface area (Å²) in [6.07, 6.45) is 1.47. The van der Waals surface area contributed by atoms with Crippen LogP contribution < -0.4 is 0 Å². The number of furan rings is 1. The number of aromatic nitrogens is 4. The summed E-state index contributed by atoms with van der Waals surface area (Å²) < 4.78 is 11.8. The van der Waals surface area contributed by atoms with Gasteiger partial charge in [-0.15, -0.1) is 5.10 Å². The third-order valence-electron chi connectivity index (χ3n) is 3.73. The van der Waals surface area contributed by atoms with Crippen molar-refractivity contribution in [3.8, 4) is 5.69 Å². The van der Waals surface area contributed by atoms with Gasteiger partial charge in [-0.05, 0) is 40.1 Å². The second-order valence-corrected chi connectivity index (χ2v) is 6.60. The minimum absolute atomic E-state index is 0.412. The smallest absolute Gasteiger partial charge is 0.341 e. The first-order valence-electron chi connectivity index (χ1n) is 7.76. The monoisotopic (exact) mass is 358 g/mol. The van der Waals surface area contributed by atoms with Gasteiger partial charge in [-0.2, -0.15) is 4.68 Å². The van der Waals surface area contributed by atoms with Gasteiger partial charge in [0.1, 0.15) is 11.3 Å². The number of ether oxygens (including phenoxy) is 1. The highest BCUT2D eigenvalue weighted by Crippen LogP contribution is 2.25. The third kappa shape index (κ3) is 3.74. The highest BCUT2D eigenvalue weighted by molar-refractivity contribution is 7.98. The van der Waals surface area contributed by atoms with Crippen molar-refractivity contribution in [2.75, 3.05) is 7.11 Å². The van der Waals surface area contributed by atoms with E-state index in [9.17, 15) is 4.79 Å². The molecule has 7 nitrogen and oxygen atoms in total. The molecule has 0 spiro atoms. The summed E-state index contributed by atoms with van der Waals surface area (Å²) in [6.45, 7) is 4.30. The number of rotatable bonds is 6. The summed E-state index contributed by atoms with van der Waals surface area (Å²) in [4.78, 5) is 11.7. The Kier molecular flexibility index (Phi) is 5.18. The molecule has 0 fully saturated rings. The second kappa shape index (κ2) is 7.52. The van der Waals surface area contributed by atoms with Crippen molar-refractivity contribution in [1.29, 1.82) is 0 Å². The zero-order valence-corrected chi connectivity index (χ0v) is 15.0. The fourth-order valence-corrected chi connectivity index (χ4v) is 3.15. The fraction of sp³-hybridized carbons (Fsp3) is 0.294. The molecule has 2 aromatic heterocycles. The molecule has 0 saturated carbocycles. The van der Waals surface area contributed by atoms with Crippen molar-refractivity contribution in [3.63, 3.8) is 0 Å². The van der Waals surface area contributed by atoms with Crippen LogP contribution in [0.3, 0.4) is 0 Å². The molecule has 0 aliphatic rings. The first-order valence-corrected chi connectivity index (χ1v) is 8.75. The standard InChI is InChI=1S/C17H18N4O3S/c1-11(2)12-4-6-13(7-5-12)21-17(18-19-20-21)25-10-15-14(8-9-24-15)16(22)23-3/h4-9,11H,10H2,1-3H3. The van der Waals surface area contributed by atoms with Gasteiger partial charge in [0.25, 0.3) is 0 Å². The summed E-state index contributed by atoms with van der Waals surface area (Å²) >= 11 is 1.38. The minimum Gasteiger partial charge on any atom is -0.468 e. The molecule has 8 heteroatoms. The van der Waals surface area contributed by atoms with Crippen LogP contribution in [0.1, 0.15) is 41.4 Å². The average Bonchev–Trinajstić information content (AvgIpc) is 3.28. The van der Waals surface area contributed by atoms with Gasteiger partial charge >= 0.3 is 5.97 Å². The van der Waals surface area contributed by atoms with E-state index in [0.717, 1.165) is 5.69 Å². The Morgan fingerprint density at radius 1 is 1.28 bits per heavy atom. The third-order valence-corrected chi connectivity index (χ3v) is 4.65. The Labute approximate surface area is 149 Å². The lowest BCUT2D eigenvalue weighted by Gasteiger charge is -2.07. The summed E-state index contributed by atoms with van der Waals surface area (Å²) in [5, 5.41) is 12.5. The van der Waals surface area contributed by atoms with Crippen molar-refractivity contribution in [2.24, 2.45) is 0 Å². The number of benzene rings is 1. The first-order chi connectivity index (χ1) is 12.1. The Bertz CT molecular complexity index is 855. The van der Waals surface area contributed by atoms with Gasteiger partial charge in [0, 0.05) is 0 Å². The number of esters is 1. The predicted octanol–water partition coefficient (Wildman–Crippen LogP) is 3.46. The van der Waals surface area contributed by atoms with E-state index in [1.807, 2.05) is 12.1 Å². The van der Waals surface area contributed by atoms with Crippen LogP contribution in [0.4, 0.5) is 0 Å². The molecule has 25 heavy (non-hydrogen) atoms. The quantitative estimate of drug-likeness (QED) is 0.493. The molecule has 0 radical (unpaired) electrons. The number of tetrazole rings is 1. The number of hydrogen-bond donors (Lipinski definition) is 0. The molecule has 0 saturated heterocycles. The van der Waals surface area contributed by atoms with Crippen molar-refractivity contribution in [1.82, 2.24) is 20.2 Å². The van der Waals surface area contributed by atoms with Gasteiger partial charge in [-0.25, -0.2) is 4.79 Å². The molecule has 0 amide bonds. The number of methoxy groups -OCH3 is 1. The maximum absolute atomic E-state index is 11.7. The molecular formula is C17H18N4O3S. The fourth-order valence-electron chi connectivity index (χ4n) is 2.31. The van der Waals surface area contributed by atoms with E-state index in [2.05, 4.69) is 41.5 Å². The Hall–Kier alpha value is -2.61. The summed E-state index contributed by atoms with van der Waals surface area (Å²) in [5.74, 6) is 0.990. The van der Waals surface area contributed by atoms with Crippen LogP contribution in [0.5, 0.6) is 0 Å². The van der Waals surface area contributed by atoms with Gasteiger partial charge in [0.15, 0.2) is 0 Å². The highest BCUT2D eigenvalue weighted by atomic mass is 32.2. The Morgan fingerprint density at radius 3 is 2.72 bits per heavy atom. The van der Waals surface area contributed by atoms with Crippen molar-refractivity contribution < 1.29 is 13.9 Å². The summed E-state index contributed by atoms with van der Waals surface area (Å²) in [6, 6.07) is 9.70. The van der Waals surface area contributed by atoms with Crippen molar-refractivity contribution in [2.45, 2.75) is 30.7 Å². The van der Waals surface area contributed by atoms with Gasteiger partial charge < -0.3 is 9.15 Å². The number of carbonyl (C=O) groups excluding carboxylic acids is 1. The van der Waals surface area contributed by atoms with Crippen LogP contribution >= 0.6 is 11.8 Å².